The number of allylic oxidation sites excluding steroid dienone is 2. The smallest absolute Gasteiger partial charge is 0.128 e. The predicted molar refractivity (Wildman–Crippen MR) is 214 cm³/mol. The number of nitriles is 2. The van der Waals surface area contributed by atoms with Gasteiger partial charge in [-0.25, -0.2) is 0 Å². The summed E-state index contributed by atoms with van der Waals surface area (Å²) >= 11 is 0. The number of nitrogens with zero attached hydrogens (tertiary/aromatic N) is 2. The first-order valence-electron chi connectivity index (χ1n) is 17.8. The summed E-state index contributed by atoms with van der Waals surface area (Å²) in [6.07, 6.45) is 5.04. The van der Waals surface area contributed by atoms with Crippen molar-refractivity contribution in [3.63, 3.8) is 0 Å². The molecule has 0 fully saturated rings. The Kier molecular flexibility index (Phi) is 8.09. The molecule has 0 saturated heterocycles. The molecule has 248 valence electrons. The summed E-state index contributed by atoms with van der Waals surface area (Å²) < 4.78 is 6.65. The first kappa shape index (κ1) is 31.8. The van der Waals surface area contributed by atoms with E-state index in [-0.39, 0.29) is 6.10 Å². The Morgan fingerprint density at radius 3 is 1.28 bits per heavy atom. The molecule has 0 saturated carbocycles. The van der Waals surface area contributed by atoms with E-state index in [1.54, 1.807) is 0 Å². The van der Waals surface area contributed by atoms with E-state index in [2.05, 4.69) is 115 Å². The predicted octanol–water partition coefficient (Wildman–Crippen LogP) is 12.4. The van der Waals surface area contributed by atoms with E-state index in [0.29, 0.717) is 11.1 Å². The van der Waals surface area contributed by atoms with Gasteiger partial charge in [-0.15, -0.1) is 0 Å². The van der Waals surface area contributed by atoms with E-state index >= 15 is 0 Å². The van der Waals surface area contributed by atoms with Crippen LogP contribution in [0.5, 0.6) is 5.75 Å². The molecule has 1 unspecified atom stereocenters. The second kappa shape index (κ2) is 13.5. The van der Waals surface area contributed by atoms with E-state index in [1.807, 2.05) is 72.8 Å². The van der Waals surface area contributed by atoms with Crippen molar-refractivity contribution in [2.75, 3.05) is 0 Å². The highest BCUT2D eigenvalue weighted by Crippen LogP contribution is 2.49. The van der Waals surface area contributed by atoms with Gasteiger partial charge < -0.3 is 4.74 Å². The Hall–Kier alpha value is -7.20. The number of ether oxygens (including phenoxy) is 1. The Morgan fingerprint density at radius 1 is 0.434 bits per heavy atom. The molecule has 0 bridgehead atoms. The lowest BCUT2D eigenvalue weighted by molar-refractivity contribution is 0.279. The summed E-state index contributed by atoms with van der Waals surface area (Å²) in [5.41, 5.74) is 15.3. The molecule has 3 nitrogen and oxygen atoms in total. The third-order valence-corrected chi connectivity index (χ3v) is 10.3. The lowest BCUT2D eigenvalue weighted by Crippen LogP contribution is -2.14. The van der Waals surface area contributed by atoms with E-state index in [4.69, 9.17) is 4.74 Å². The molecule has 0 spiro atoms. The third-order valence-electron chi connectivity index (χ3n) is 10.3. The fraction of sp³-hybridized carbons (Fsp3) is 0.0400. The minimum Gasteiger partial charge on any atom is -0.485 e. The monoisotopic (exact) mass is 676 g/mol. The van der Waals surface area contributed by atoms with Crippen molar-refractivity contribution in [1.29, 1.82) is 10.5 Å². The van der Waals surface area contributed by atoms with E-state index in [1.165, 1.54) is 0 Å². The van der Waals surface area contributed by atoms with Crippen molar-refractivity contribution in [1.82, 2.24) is 0 Å². The van der Waals surface area contributed by atoms with Crippen molar-refractivity contribution in [2.45, 2.75) is 12.5 Å². The van der Waals surface area contributed by atoms with Crippen LogP contribution in [0.3, 0.4) is 0 Å². The Labute approximate surface area is 309 Å². The quantitative estimate of drug-likeness (QED) is 0.176. The van der Waals surface area contributed by atoms with Gasteiger partial charge in [0.15, 0.2) is 0 Å². The van der Waals surface area contributed by atoms with Gasteiger partial charge in [-0.1, -0.05) is 140 Å². The molecule has 1 aliphatic carbocycles. The molecular formula is C50H32N2O. The highest BCUT2D eigenvalue weighted by atomic mass is 16.5. The van der Waals surface area contributed by atoms with Crippen molar-refractivity contribution >= 4 is 11.1 Å². The zero-order valence-corrected chi connectivity index (χ0v) is 28.8. The van der Waals surface area contributed by atoms with Gasteiger partial charge in [-0.2, -0.15) is 10.5 Å². The standard InChI is InChI=1S/C50H32N2O/c51-31-46-41(33-14-5-1-6-15-33)27-38(28-42(46)34-16-7-2-8-17-34)37-24-25-48-45(26-37)50-40(22-13-23-49(50)53-48)39-29-43(35-18-9-3-10-19-35)47(32-52)44(30-39)36-20-11-4-12-21-36/h1-22,24-30,49H,23H2. The summed E-state index contributed by atoms with van der Waals surface area (Å²) in [7, 11) is 0. The normalized spacial score (nSPS) is 14.1. The van der Waals surface area contributed by atoms with Gasteiger partial charge in [-0.3, -0.25) is 0 Å². The number of hydrogen-bond donors (Lipinski definition) is 0. The third kappa shape index (κ3) is 5.72. The van der Waals surface area contributed by atoms with Crippen LogP contribution in [0.4, 0.5) is 0 Å². The van der Waals surface area contributed by atoms with Crippen LogP contribution in [-0.4, -0.2) is 6.10 Å². The molecule has 1 aliphatic heterocycles. The van der Waals surface area contributed by atoms with Crippen molar-refractivity contribution < 1.29 is 4.74 Å². The van der Waals surface area contributed by atoms with Gasteiger partial charge in [0, 0.05) is 39.8 Å². The van der Waals surface area contributed by atoms with Crippen molar-refractivity contribution in [3.05, 3.63) is 198 Å². The average molecular weight is 677 g/mol. The second-order valence-electron chi connectivity index (χ2n) is 13.4. The zero-order valence-electron chi connectivity index (χ0n) is 28.8. The highest BCUT2D eigenvalue weighted by molar-refractivity contribution is 6.03. The minimum absolute atomic E-state index is 0.128. The van der Waals surface area contributed by atoms with Crippen LogP contribution in [0.25, 0.3) is 66.8 Å². The molecule has 0 amide bonds. The van der Waals surface area contributed by atoms with Crippen LogP contribution in [0.1, 0.15) is 28.7 Å². The average Bonchev–Trinajstić information content (AvgIpc) is 3.62. The fourth-order valence-corrected chi connectivity index (χ4v) is 7.77. The zero-order chi connectivity index (χ0) is 35.7. The van der Waals surface area contributed by atoms with Crippen molar-refractivity contribution in [3.8, 4) is 73.5 Å². The Bertz CT molecular complexity index is 2540. The van der Waals surface area contributed by atoms with Gasteiger partial charge in [0.25, 0.3) is 0 Å². The lowest BCUT2D eigenvalue weighted by atomic mass is 9.82. The fourth-order valence-electron chi connectivity index (χ4n) is 7.77. The summed E-state index contributed by atoms with van der Waals surface area (Å²) in [6, 6.07) is 60.8. The maximum atomic E-state index is 10.5. The van der Waals surface area contributed by atoms with E-state index in [9.17, 15) is 10.5 Å². The van der Waals surface area contributed by atoms with E-state index < -0.39 is 0 Å². The van der Waals surface area contributed by atoms with Crippen molar-refractivity contribution in [2.24, 2.45) is 0 Å². The summed E-state index contributed by atoms with van der Waals surface area (Å²) in [4.78, 5) is 0. The Morgan fingerprint density at radius 2 is 0.849 bits per heavy atom. The molecule has 53 heavy (non-hydrogen) atoms. The van der Waals surface area contributed by atoms with Gasteiger partial charge in [0.2, 0.25) is 0 Å². The molecule has 9 rings (SSSR count). The molecule has 0 radical (unpaired) electrons. The highest BCUT2D eigenvalue weighted by Gasteiger charge is 2.33. The number of benzene rings is 7. The van der Waals surface area contributed by atoms with Crippen LogP contribution in [0, 0.1) is 22.7 Å². The molecule has 7 aromatic carbocycles. The molecule has 1 atom stereocenters. The van der Waals surface area contributed by atoms with E-state index in [0.717, 1.165) is 90.1 Å². The van der Waals surface area contributed by atoms with Gasteiger partial charge in [-0.05, 0) is 80.9 Å². The summed E-state index contributed by atoms with van der Waals surface area (Å²) in [5.74, 6) is 0.857. The maximum absolute atomic E-state index is 10.5. The number of fused-ring (bicyclic) bond motifs is 3. The minimum atomic E-state index is -0.128. The second-order valence-corrected chi connectivity index (χ2v) is 13.4. The number of rotatable bonds is 6. The summed E-state index contributed by atoms with van der Waals surface area (Å²) in [5, 5.41) is 21.0. The van der Waals surface area contributed by atoms with Gasteiger partial charge in [0.05, 0.1) is 11.1 Å². The summed E-state index contributed by atoms with van der Waals surface area (Å²) in [6.45, 7) is 0. The maximum Gasteiger partial charge on any atom is 0.128 e. The first-order chi connectivity index (χ1) is 26.2. The molecule has 2 aliphatic rings. The number of hydrogen-bond acceptors (Lipinski definition) is 3. The Balaban J connectivity index is 1.25. The topological polar surface area (TPSA) is 56.8 Å². The molecule has 3 heteroatoms. The lowest BCUT2D eigenvalue weighted by Gasteiger charge is -2.21. The van der Waals surface area contributed by atoms with Crippen LogP contribution < -0.4 is 4.74 Å². The molecule has 0 N–H and O–H groups in total. The molecule has 7 aromatic rings. The SMILES string of the molecule is N#Cc1c(-c2ccccc2)cc(C2=C3c4cc(-c5cc(-c6ccccc6)c(C#N)c(-c6ccccc6)c5)ccc4OC3CC=C2)cc1-c1ccccc1. The van der Waals surface area contributed by atoms with Gasteiger partial charge >= 0.3 is 0 Å². The first-order valence-corrected chi connectivity index (χ1v) is 17.8. The van der Waals surface area contributed by atoms with Crippen LogP contribution in [0.2, 0.25) is 0 Å². The van der Waals surface area contributed by atoms with Crippen LogP contribution in [0.15, 0.2) is 176 Å². The van der Waals surface area contributed by atoms with Gasteiger partial charge in [0.1, 0.15) is 24.0 Å². The molecular weight excluding hydrogens is 645 g/mol. The molecule has 0 aromatic heterocycles. The van der Waals surface area contributed by atoms with Crippen LogP contribution in [-0.2, 0) is 0 Å². The molecule has 1 heterocycles. The largest absolute Gasteiger partial charge is 0.485 e. The van der Waals surface area contributed by atoms with Crippen LogP contribution >= 0.6 is 0 Å².